The number of piperidine rings is 2. The summed E-state index contributed by atoms with van der Waals surface area (Å²) < 4.78 is 24.4. The molecule has 1 atom stereocenters. The van der Waals surface area contributed by atoms with Crippen molar-refractivity contribution in [3.8, 4) is 5.75 Å². The fourth-order valence-electron chi connectivity index (χ4n) is 11.2. The van der Waals surface area contributed by atoms with Gasteiger partial charge in [0.25, 0.3) is 0 Å². The number of aromatic nitrogens is 5. The molecule has 18 heteroatoms. The number of pyridine rings is 1. The number of benzene rings is 3. The number of halogens is 1. The SMILES string of the molecule is CCc1cc(Nc2ncc(Br)c(Nc3ccc4nc(C)ccc4c3P3(=O)CCCC3)n2)c(OC)cc1N1CCC(N2CCN(CCc3cccc4c3n(C)c(=O)n4C3CCC(=O)NC3=O)CC2)CC1. The van der Waals surface area contributed by atoms with E-state index >= 15 is 0 Å². The first-order valence-corrected chi connectivity index (χ1v) is 27.3. The Morgan fingerprint density at radius 1 is 0.899 bits per heavy atom. The maximum Gasteiger partial charge on any atom is 0.329 e. The molecule has 1 unspecified atom stereocenters. The van der Waals surface area contributed by atoms with E-state index in [4.69, 9.17) is 14.7 Å². The van der Waals surface area contributed by atoms with E-state index < -0.39 is 19.1 Å². The van der Waals surface area contributed by atoms with E-state index in [0.29, 0.717) is 46.8 Å². The number of carbonyl (C=O) groups excluding carboxylic acids is 2. The lowest BCUT2D eigenvalue weighted by Crippen LogP contribution is -2.53. The Kier molecular flexibility index (Phi) is 13.4. The second-order valence-corrected chi connectivity index (χ2v) is 23.0. The molecule has 3 aromatic heterocycles. The average Bonchev–Trinajstić information content (AvgIpc) is 3.91. The Morgan fingerprint density at radius 2 is 1.68 bits per heavy atom. The molecule has 16 nitrogen and oxygen atoms in total. The van der Waals surface area contributed by atoms with Crippen LogP contribution in [-0.4, -0.2) is 117 Å². The maximum absolute atomic E-state index is 14.5. The molecule has 2 amide bonds. The van der Waals surface area contributed by atoms with Crippen molar-refractivity contribution < 1.29 is 18.9 Å². The highest BCUT2D eigenvalue weighted by atomic mass is 79.9. The second-order valence-electron chi connectivity index (χ2n) is 19.0. The second kappa shape index (κ2) is 19.6. The molecular formula is C51H61BrN11O5P. The number of methoxy groups -OCH3 is 1. The molecule has 0 bridgehead atoms. The van der Waals surface area contributed by atoms with Gasteiger partial charge in [0, 0.05) is 112 Å². The molecule has 7 heterocycles. The number of rotatable bonds is 13. The number of imidazole rings is 1. The van der Waals surface area contributed by atoms with Gasteiger partial charge in [-0.25, -0.2) is 9.78 Å². The van der Waals surface area contributed by atoms with Gasteiger partial charge in [0.2, 0.25) is 17.8 Å². The van der Waals surface area contributed by atoms with E-state index in [0.717, 1.165) is 134 Å². The standard InChI is InChI=1S/C51H61BrN11O5P/c1-5-33-29-40(56-50-53-31-37(52)48(58-50)55-39-14-13-38-36(12-11-32(2)54-38)47(39)69(67)27-6-7-28-69)44(68-4)30-43(33)62-21-18-35(19-22-62)61-25-23-60(24-26-61)20-17-34-9-8-10-41-46(34)59(3)51(66)63(41)42-15-16-45(64)57-49(42)65/h8-14,29-31,35,42H,5-7,15-28H2,1-4H3,(H,57,64,65)(H2,53,55,56,58). The summed E-state index contributed by atoms with van der Waals surface area (Å²) in [5.41, 5.74) is 8.20. The van der Waals surface area contributed by atoms with Crippen LogP contribution in [0.2, 0.25) is 0 Å². The van der Waals surface area contributed by atoms with Crippen LogP contribution in [-0.2, 0) is 34.0 Å². The molecular weight excluding hydrogens is 958 g/mol. The summed E-state index contributed by atoms with van der Waals surface area (Å²) in [6.45, 7) is 11.0. The summed E-state index contributed by atoms with van der Waals surface area (Å²) in [5.74, 6) is 0.983. The predicted octanol–water partition coefficient (Wildman–Crippen LogP) is 7.40. The van der Waals surface area contributed by atoms with Crippen molar-refractivity contribution in [2.75, 3.05) is 80.8 Å². The van der Waals surface area contributed by atoms with Crippen molar-refractivity contribution in [1.82, 2.24) is 39.2 Å². The summed E-state index contributed by atoms with van der Waals surface area (Å²) in [5, 5.41) is 11.2. The van der Waals surface area contributed by atoms with Crippen LogP contribution in [0, 0.1) is 6.92 Å². The van der Waals surface area contributed by atoms with Gasteiger partial charge in [-0.2, -0.15) is 4.98 Å². The topological polar surface area (TPSA) is 172 Å². The molecule has 4 aliphatic heterocycles. The van der Waals surface area contributed by atoms with E-state index in [1.54, 1.807) is 29.5 Å². The van der Waals surface area contributed by atoms with Crippen LogP contribution in [0.25, 0.3) is 21.9 Å². The molecule has 0 radical (unpaired) electrons. The van der Waals surface area contributed by atoms with E-state index in [1.807, 2.05) is 37.3 Å². The number of piperazine rings is 1. The Balaban J connectivity index is 0.769. The Morgan fingerprint density at radius 3 is 2.42 bits per heavy atom. The zero-order valence-corrected chi connectivity index (χ0v) is 42.4. The minimum atomic E-state index is -2.64. The number of carbonyl (C=O) groups is 2. The van der Waals surface area contributed by atoms with Crippen LogP contribution in [0.1, 0.15) is 68.3 Å². The lowest BCUT2D eigenvalue weighted by molar-refractivity contribution is -0.135. The molecule has 69 heavy (non-hydrogen) atoms. The number of imide groups is 1. The summed E-state index contributed by atoms with van der Waals surface area (Å²) in [7, 11) is 0.830. The Bertz CT molecular complexity index is 3060. The smallest absolute Gasteiger partial charge is 0.329 e. The molecule has 3 aromatic carbocycles. The first-order valence-electron chi connectivity index (χ1n) is 24.4. The van der Waals surface area contributed by atoms with Crippen LogP contribution >= 0.6 is 23.1 Å². The number of anilines is 5. The van der Waals surface area contributed by atoms with Gasteiger partial charge in [-0.1, -0.05) is 25.1 Å². The van der Waals surface area contributed by atoms with Crippen molar-refractivity contribution in [2.24, 2.45) is 7.05 Å². The molecule has 0 aliphatic carbocycles. The van der Waals surface area contributed by atoms with Gasteiger partial charge in [-0.3, -0.25) is 33.9 Å². The molecule has 3 N–H and O–H groups in total. The van der Waals surface area contributed by atoms with Gasteiger partial charge in [-0.15, -0.1) is 0 Å². The van der Waals surface area contributed by atoms with Crippen LogP contribution in [0.5, 0.6) is 5.75 Å². The van der Waals surface area contributed by atoms with E-state index in [-0.39, 0.29) is 18.0 Å². The van der Waals surface area contributed by atoms with Gasteiger partial charge in [0.15, 0.2) is 0 Å². The minimum absolute atomic E-state index is 0.220. The van der Waals surface area contributed by atoms with E-state index in [9.17, 15) is 18.9 Å². The summed E-state index contributed by atoms with van der Waals surface area (Å²) in [6, 6.07) is 18.1. The van der Waals surface area contributed by atoms with Gasteiger partial charge in [-0.05, 0) is 109 Å². The quantitative estimate of drug-likeness (QED) is 0.0773. The molecule has 0 saturated carbocycles. The van der Waals surface area contributed by atoms with Gasteiger partial charge < -0.3 is 29.7 Å². The van der Waals surface area contributed by atoms with Crippen LogP contribution in [0.15, 0.2) is 70.1 Å². The number of nitrogens with zero attached hydrogens (tertiary/aromatic N) is 8. The number of hydrogen-bond donors (Lipinski definition) is 3. The molecule has 362 valence electrons. The number of nitrogens with one attached hydrogen (secondary N) is 3. The molecule has 10 rings (SSSR count). The molecule has 6 aromatic rings. The van der Waals surface area contributed by atoms with Crippen molar-refractivity contribution in [3.05, 3.63) is 92.6 Å². The highest BCUT2D eigenvalue weighted by Crippen LogP contribution is 2.54. The fraction of sp³-hybridized carbons (Fsp3) is 0.451. The molecule has 4 saturated heterocycles. The summed E-state index contributed by atoms with van der Waals surface area (Å²) in [4.78, 5) is 60.0. The monoisotopic (exact) mass is 1020 g/mol. The molecule has 0 spiro atoms. The minimum Gasteiger partial charge on any atom is -0.494 e. The lowest BCUT2D eigenvalue weighted by Gasteiger charge is -2.43. The highest BCUT2D eigenvalue weighted by Gasteiger charge is 2.35. The van der Waals surface area contributed by atoms with Gasteiger partial charge in [0.05, 0.1) is 39.5 Å². The number of hydrogen-bond acceptors (Lipinski definition) is 13. The number of aryl methyl sites for hydroxylation is 3. The fourth-order valence-corrected chi connectivity index (χ4v) is 14.8. The number of fused-ring (bicyclic) bond motifs is 2. The van der Waals surface area contributed by atoms with E-state index in [1.165, 1.54) is 11.3 Å². The van der Waals surface area contributed by atoms with Crippen molar-refractivity contribution in [2.45, 2.75) is 77.3 Å². The molecule has 4 fully saturated rings. The summed E-state index contributed by atoms with van der Waals surface area (Å²) in [6.07, 6.45) is 9.38. The third kappa shape index (κ3) is 9.30. The predicted molar refractivity (Wildman–Crippen MR) is 277 cm³/mol. The number of amides is 2. The lowest BCUT2D eigenvalue weighted by atomic mass is 9.99. The largest absolute Gasteiger partial charge is 0.494 e. The van der Waals surface area contributed by atoms with E-state index in [2.05, 4.69) is 82.8 Å². The Labute approximate surface area is 410 Å². The molecule has 4 aliphatic rings. The Hall–Kier alpha value is -5.61. The third-order valence-corrected chi connectivity index (χ3v) is 18.8. The maximum atomic E-state index is 14.5. The van der Waals surface area contributed by atoms with Crippen molar-refractivity contribution >= 4 is 91.0 Å². The first kappa shape index (κ1) is 47.1. The number of para-hydroxylation sites is 1. The van der Waals surface area contributed by atoms with Crippen LogP contribution in [0.3, 0.4) is 0 Å². The van der Waals surface area contributed by atoms with Gasteiger partial charge in [0.1, 0.15) is 24.8 Å². The summed E-state index contributed by atoms with van der Waals surface area (Å²) >= 11 is 3.67. The third-order valence-electron chi connectivity index (χ3n) is 14.8. The van der Waals surface area contributed by atoms with Crippen molar-refractivity contribution in [1.29, 1.82) is 0 Å². The number of ether oxygens (including phenoxy) is 1. The van der Waals surface area contributed by atoms with Crippen LogP contribution < -0.4 is 36.6 Å². The van der Waals surface area contributed by atoms with Crippen molar-refractivity contribution in [3.63, 3.8) is 0 Å². The highest BCUT2D eigenvalue weighted by molar-refractivity contribution is 9.10. The zero-order valence-electron chi connectivity index (χ0n) is 39.9. The van der Waals surface area contributed by atoms with Gasteiger partial charge >= 0.3 is 5.69 Å². The zero-order chi connectivity index (χ0) is 48.0. The van der Waals surface area contributed by atoms with Crippen LogP contribution in [0.4, 0.5) is 28.8 Å². The average molecular weight is 1020 g/mol. The normalized spacial score (nSPS) is 19.4. The first-order chi connectivity index (χ1) is 33.4.